The van der Waals surface area contributed by atoms with Crippen molar-refractivity contribution in [2.75, 3.05) is 4.90 Å². The first-order valence-electron chi connectivity index (χ1n) is 7.63. The Hall–Kier alpha value is -1.94. The molecule has 23 heavy (non-hydrogen) atoms. The minimum atomic E-state index is -0.271. The Balaban J connectivity index is 1.82. The molecule has 1 atom stereocenters. The van der Waals surface area contributed by atoms with E-state index in [0.29, 0.717) is 12.1 Å². The van der Waals surface area contributed by atoms with Crippen LogP contribution in [0.1, 0.15) is 23.1 Å². The third-order valence-corrected chi connectivity index (χ3v) is 4.62. The number of amides is 2. The van der Waals surface area contributed by atoms with Crippen LogP contribution in [0.25, 0.3) is 0 Å². The van der Waals surface area contributed by atoms with Gasteiger partial charge in [-0.15, -0.1) is 0 Å². The molecule has 2 amide bonds. The molecule has 1 unspecified atom stereocenters. The lowest BCUT2D eigenvalue weighted by Crippen LogP contribution is -2.30. The Bertz CT molecular complexity index is 747. The van der Waals surface area contributed by atoms with E-state index < -0.39 is 0 Å². The van der Waals surface area contributed by atoms with E-state index >= 15 is 0 Å². The molecule has 0 aliphatic carbocycles. The fraction of sp³-hybridized carbons (Fsp3) is 0.263. The molecule has 0 radical (unpaired) electrons. The van der Waals surface area contributed by atoms with Crippen LogP contribution in [0.3, 0.4) is 0 Å². The lowest BCUT2D eigenvalue weighted by molar-refractivity contribution is -0.122. The second-order valence-electron chi connectivity index (χ2n) is 6.14. The normalized spacial score (nSPS) is 17.9. The van der Waals surface area contributed by atoms with Gasteiger partial charge in [-0.05, 0) is 50.1 Å². The van der Waals surface area contributed by atoms with Crippen LogP contribution in [-0.4, -0.2) is 11.8 Å². The van der Waals surface area contributed by atoms with Gasteiger partial charge in [0.25, 0.3) is 0 Å². The van der Waals surface area contributed by atoms with Gasteiger partial charge in [0, 0.05) is 10.9 Å². The third kappa shape index (κ3) is 3.37. The summed E-state index contributed by atoms with van der Waals surface area (Å²) in [7, 11) is 0. The highest BCUT2D eigenvalue weighted by atomic mass is 79.9. The summed E-state index contributed by atoms with van der Waals surface area (Å²) < 4.78 is 0.923. The van der Waals surface area contributed by atoms with E-state index in [2.05, 4.69) is 34.1 Å². The van der Waals surface area contributed by atoms with Gasteiger partial charge in [-0.3, -0.25) is 14.5 Å². The predicted molar refractivity (Wildman–Crippen MR) is 94.4 cm³/mol. The summed E-state index contributed by atoms with van der Waals surface area (Å²) in [5.41, 5.74) is 4.13. The van der Waals surface area contributed by atoms with Crippen LogP contribution >= 0.6 is 15.9 Å². The van der Waals surface area contributed by atoms with Crippen LogP contribution in [0.15, 0.2) is 46.9 Å². The summed E-state index contributed by atoms with van der Waals surface area (Å²) in [6.07, 6.45) is 0.891. The molecule has 2 aromatic rings. The zero-order chi connectivity index (χ0) is 16.6. The van der Waals surface area contributed by atoms with Gasteiger partial charge in [0.15, 0.2) is 0 Å². The Morgan fingerprint density at radius 3 is 2.26 bits per heavy atom. The largest absolute Gasteiger partial charge is 0.274 e. The first-order chi connectivity index (χ1) is 10.9. The zero-order valence-corrected chi connectivity index (χ0v) is 14.8. The molecule has 0 saturated carbocycles. The molecule has 118 valence electrons. The Labute approximate surface area is 144 Å². The molecule has 0 N–H and O–H groups in total. The van der Waals surface area contributed by atoms with Gasteiger partial charge in [0.1, 0.15) is 0 Å². The molecule has 1 fully saturated rings. The van der Waals surface area contributed by atoms with Crippen LogP contribution < -0.4 is 4.90 Å². The van der Waals surface area contributed by atoms with E-state index in [0.717, 1.165) is 10.0 Å². The summed E-state index contributed by atoms with van der Waals surface area (Å²) in [6.45, 7) is 4.10. The number of nitrogens with zero attached hydrogens (tertiary/aromatic N) is 1. The van der Waals surface area contributed by atoms with Crippen molar-refractivity contribution in [1.29, 1.82) is 0 Å². The highest BCUT2D eigenvalue weighted by Gasteiger charge is 2.39. The van der Waals surface area contributed by atoms with Crippen molar-refractivity contribution < 1.29 is 9.59 Å². The van der Waals surface area contributed by atoms with Crippen molar-refractivity contribution >= 4 is 33.4 Å². The molecule has 3 nitrogen and oxygen atoms in total. The first kappa shape index (κ1) is 15.9. The number of anilines is 1. The van der Waals surface area contributed by atoms with Crippen LogP contribution in [-0.2, 0) is 16.0 Å². The highest BCUT2D eigenvalue weighted by Crippen LogP contribution is 2.29. The quantitative estimate of drug-likeness (QED) is 0.758. The van der Waals surface area contributed by atoms with E-state index in [1.165, 1.54) is 16.0 Å². The summed E-state index contributed by atoms with van der Waals surface area (Å²) in [5.74, 6) is -0.490. The minimum absolute atomic E-state index is 0.100. The number of aryl methyl sites for hydroxylation is 2. The van der Waals surface area contributed by atoms with Crippen molar-refractivity contribution in [1.82, 2.24) is 0 Å². The molecular weight excluding hydrogens is 354 g/mol. The topological polar surface area (TPSA) is 37.4 Å². The number of hydrogen-bond donors (Lipinski definition) is 0. The Morgan fingerprint density at radius 1 is 1.04 bits per heavy atom. The van der Waals surface area contributed by atoms with Crippen LogP contribution in [0.2, 0.25) is 0 Å². The second-order valence-corrected chi connectivity index (χ2v) is 7.06. The van der Waals surface area contributed by atoms with Crippen molar-refractivity contribution in [2.24, 2.45) is 5.92 Å². The van der Waals surface area contributed by atoms with Crippen molar-refractivity contribution in [3.05, 3.63) is 63.6 Å². The molecule has 4 heteroatoms. The van der Waals surface area contributed by atoms with E-state index in [1.54, 1.807) is 12.1 Å². The van der Waals surface area contributed by atoms with Gasteiger partial charge in [-0.1, -0.05) is 45.3 Å². The molecule has 0 spiro atoms. The number of carbonyl (C=O) groups is 2. The monoisotopic (exact) mass is 371 g/mol. The molecule has 1 aliphatic rings. The molecule has 0 aromatic heterocycles. The van der Waals surface area contributed by atoms with E-state index in [1.807, 2.05) is 26.0 Å². The lowest BCUT2D eigenvalue weighted by Gasteiger charge is -2.15. The standard InChI is InChI=1S/C19H18BrNO2/c1-12-7-13(2)9-14(8-12)10-15-11-18(22)21(19(15)23)17-5-3-16(20)4-6-17/h3-9,15H,10-11H2,1-2H3. The lowest BCUT2D eigenvalue weighted by atomic mass is 9.95. The third-order valence-electron chi connectivity index (χ3n) is 4.09. The second kappa shape index (κ2) is 6.28. The molecule has 1 aliphatic heterocycles. The number of rotatable bonds is 3. The highest BCUT2D eigenvalue weighted by molar-refractivity contribution is 9.10. The van der Waals surface area contributed by atoms with Gasteiger partial charge in [0.05, 0.1) is 11.6 Å². The maximum absolute atomic E-state index is 12.7. The maximum Gasteiger partial charge on any atom is 0.237 e. The SMILES string of the molecule is Cc1cc(C)cc(CC2CC(=O)N(c3ccc(Br)cc3)C2=O)c1. The van der Waals surface area contributed by atoms with Crippen LogP contribution in [0, 0.1) is 19.8 Å². The smallest absolute Gasteiger partial charge is 0.237 e. The molecular formula is C19H18BrNO2. The van der Waals surface area contributed by atoms with E-state index in [-0.39, 0.29) is 24.2 Å². The van der Waals surface area contributed by atoms with Crippen molar-refractivity contribution in [2.45, 2.75) is 26.7 Å². The molecule has 0 bridgehead atoms. The molecule has 3 rings (SSSR count). The predicted octanol–water partition coefficient (Wildman–Crippen LogP) is 4.19. The van der Waals surface area contributed by atoms with Crippen molar-refractivity contribution in [3.63, 3.8) is 0 Å². The molecule has 1 saturated heterocycles. The van der Waals surface area contributed by atoms with Gasteiger partial charge in [-0.2, -0.15) is 0 Å². The summed E-state index contributed by atoms with van der Waals surface area (Å²) in [4.78, 5) is 26.3. The average molecular weight is 372 g/mol. The number of hydrogen-bond acceptors (Lipinski definition) is 2. The minimum Gasteiger partial charge on any atom is -0.274 e. The van der Waals surface area contributed by atoms with Crippen LogP contribution in [0.5, 0.6) is 0 Å². The van der Waals surface area contributed by atoms with Gasteiger partial charge in [0.2, 0.25) is 11.8 Å². The van der Waals surface area contributed by atoms with E-state index in [9.17, 15) is 9.59 Å². The maximum atomic E-state index is 12.7. The number of halogens is 1. The van der Waals surface area contributed by atoms with Gasteiger partial charge < -0.3 is 0 Å². The molecule has 2 aromatic carbocycles. The number of carbonyl (C=O) groups excluding carboxylic acids is 2. The Morgan fingerprint density at radius 2 is 1.65 bits per heavy atom. The number of benzene rings is 2. The van der Waals surface area contributed by atoms with E-state index in [4.69, 9.17) is 0 Å². The summed E-state index contributed by atoms with van der Waals surface area (Å²) >= 11 is 3.37. The average Bonchev–Trinajstić information content (AvgIpc) is 2.74. The summed E-state index contributed by atoms with van der Waals surface area (Å²) in [5, 5.41) is 0. The zero-order valence-electron chi connectivity index (χ0n) is 13.2. The van der Waals surface area contributed by atoms with Gasteiger partial charge >= 0.3 is 0 Å². The fourth-order valence-corrected chi connectivity index (χ4v) is 3.45. The number of imide groups is 1. The summed E-state index contributed by atoms with van der Waals surface area (Å²) in [6, 6.07) is 13.6. The van der Waals surface area contributed by atoms with Gasteiger partial charge in [-0.25, -0.2) is 0 Å². The Kier molecular flexibility index (Phi) is 4.35. The fourth-order valence-electron chi connectivity index (χ4n) is 3.19. The van der Waals surface area contributed by atoms with Crippen LogP contribution in [0.4, 0.5) is 5.69 Å². The first-order valence-corrected chi connectivity index (χ1v) is 8.43. The molecule has 1 heterocycles. The van der Waals surface area contributed by atoms with Crippen molar-refractivity contribution in [3.8, 4) is 0 Å².